The molecule has 0 radical (unpaired) electrons. The van der Waals surface area contributed by atoms with E-state index in [0.717, 1.165) is 49.3 Å². The number of piperidine rings is 1. The predicted octanol–water partition coefficient (Wildman–Crippen LogP) is 2.42. The summed E-state index contributed by atoms with van der Waals surface area (Å²) in [7, 11) is 0. The number of hydrogen-bond acceptors (Lipinski definition) is 7. The number of anilines is 3. The normalized spacial score (nSPS) is 18.2. The molecule has 3 aromatic rings. The van der Waals surface area contributed by atoms with Gasteiger partial charge in [-0.3, -0.25) is 4.68 Å². The standard InChI is InChI=1S/C18H27N9/c1-3-7-25-8-5-6-14(12-25)27-17-15(10-21-27)16(19)23-18(24-17)22-13-9-20-26(4-2)11-13/h9-11,14H,3-8,12H2,1-2H3,(H3,19,22,23,24)/t14-/m1/s1. The third-order valence-electron chi connectivity index (χ3n) is 5.06. The van der Waals surface area contributed by atoms with Crippen LogP contribution in [-0.2, 0) is 6.54 Å². The molecule has 0 aromatic carbocycles. The molecule has 27 heavy (non-hydrogen) atoms. The van der Waals surface area contributed by atoms with Crippen molar-refractivity contribution in [1.82, 2.24) is 34.4 Å². The molecule has 0 bridgehead atoms. The zero-order chi connectivity index (χ0) is 18.8. The van der Waals surface area contributed by atoms with Crippen LogP contribution in [0.3, 0.4) is 0 Å². The Balaban J connectivity index is 1.63. The molecule has 4 heterocycles. The number of nitrogens with two attached hydrogens (primary N) is 1. The van der Waals surface area contributed by atoms with Crippen LogP contribution in [0, 0.1) is 0 Å². The van der Waals surface area contributed by atoms with E-state index in [1.165, 1.54) is 12.8 Å². The number of nitrogen functional groups attached to an aromatic ring is 1. The molecule has 4 rings (SSSR count). The van der Waals surface area contributed by atoms with Crippen molar-refractivity contribution in [3.63, 3.8) is 0 Å². The van der Waals surface area contributed by atoms with E-state index in [1.807, 2.05) is 22.5 Å². The fourth-order valence-electron chi connectivity index (χ4n) is 3.75. The summed E-state index contributed by atoms with van der Waals surface area (Å²) in [5.74, 6) is 0.913. The van der Waals surface area contributed by atoms with Gasteiger partial charge in [0.25, 0.3) is 0 Å². The molecular weight excluding hydrogens is 342 g/mol. The highest BCUT2D eigenvalue weighted by Gasteiger charge is 2.24. The summed E-state index contributed by atoms with van der Waals surface area (Å²) in [4.78, 5) is 11.6. The topological polar surface area (TPSA) is 103 Å². The summed E-state index contributed by atoms with van der Waals surface area (Å²) in [6, 6.07) is 0.313. The first kappa shape index (κ1) is 17.7. The number of nitrogens with one attached hydrogen (secondary N) is 1. The second kappa shape index (κ2) is 7.51. The summed E-state index contributed by atoms with van der Waals surface area (Å²) in [6.45, 7) is 8.37. The van der Waals surface area contributed by atoms with Gasteiger partial charge >= 0.3 is 0 Å². The van der Waals surface area contributed by atoms with Crippen LogP contribution in [0.1, 0.15) is 39.2 Å². The summed E-state index contributed by atoms with van der Waals surface area (Å²) >= 11 is 0. The van der Waals surface area contributed by atoms with Crippen LogP contribution in [0.25, 0.3) is 11.0 Å². The van der Waals surface area contributed by atoms with Gasteiger partial charge in [-0.15, -0.1) is 0 Å². The predicted molar refractivity (Wildman–Crippen MR) is 106 cm³/mol. The largest absolute Gasteiger partial charge is 0.383 e. The number of nitrogens with zero attached hydrogens (tertiary/aromatic N) is 7. The molecule has 1 aliphatic heterocycles. The SMILES string of the molecule is CCCN1CCC[C@@H](n2ncc3c(N)nc(Nc4cnn(CC)c4)nc32)C1. The lowest BCUT2D eigenvalue weighted by Gasteiger charge is -2.32. The highest BCUT2D eigenvalue weighted by Crippen LogP contribution is 2.27. The van der Waals surface area contributed by atoms with E-state index >= 15 is 0 Å². The van der Waals surface area contributed by atoms with Crippen LogP contribution in [0.15, 0.2) is 18.6 Å². The Labute approximate surface area is 158 Å². The second-order valence-corrected chi connectivity index (χ2v) is 7.07. The van der Waals surface area contributed by atoms with Gasteiger partial charge in [-0.2, -0.15) is 20.2 Å². The summed E-state index contributed by atoms with van der Waals surface area (Å²) in [6.07, 6.45) is 8.91. The highest BCUT2D eigenvalue weighted by molar-refractivity contribution is 5.86. The van der Waals surface area contributed by atoms with Gasteiger partial charge in [0.2, 0.25) is 5.95 Å². The molecule has 0 amide bonds. The molecule has 1 aliphatic rings. The van der Waals surface area contributed by atoms with E-state index in [0.29, 0.717) is 17.8 Å². The van der Waals surface area contributed by atoms with Crippen molar-refractivity contribution >= 4 is 28.5 Å². The van der Waals surface area contributed by atoms with Crippen molar-refractivity contribution in [1.29, 1.82) is 0 Å². The molecule has 0 unspecified atom stereocenters. The lowest BCUT2D eigenvalue weighted by Crippen LogP contribution is -2.37. The summed E-state index contributed by atoms with van der Waals surface area (Å²) in [5, 5.41) is 12.9. The number of hydrogen-bond donors (Lipinski definition) is 2. The molecule has 3 aromatic heterocycles. The van der Waals surface area contributed by atoms with E-state index in [9.17, 15) is 0 Å². The van der Waals surface area contributed by atoms with Crippen molar-refractivity contribution in [2.45, 2.75) is 45.7 Å². The molecular formula is C18H27N9. The van der Waals surface area contributed by atoms with Gasteiger partial charge in [0.15, 0.2) is 5.65 Å². The maximum atomic E-state index is 6.18. The Morgan fingerprint density at radius 1 is 1.22 bits per heavy atom. The molecule has 0 aliphatic carbocycles. The van der Waals surface area contributed by atoms with Crippen LogP contribution < -0.4 is 11.1 Å². The quantitative estimate of drug-likeness (QED) is 0.688. The average Bonchev–Trinajstić information content (AvgIpc) is 3.29. The van der Waals surface area contributed by atoms with E-state index in [1.54, 1.807) is 12.4 Å². The van der Waals surface area contributed by atoms with Gasteiger partial charge in [-0.05, 0) is 39.3 Å². The second-order valence-electron chi connectivity index (χ2n) is 7.07. The smallest absolute Gasteiger partial charge is 0.231 e. The Hall–Kier alpha value is -2.68. The maximum absolute atomic E-state index is 6.18. The first-order chi connectivity index (χ1) is 13.2. The number of rotatable bonds is 6. The van der Waals surface area contributed by atoms with Gasteiger partial charge < -0.3 is 16.0 Å². The van der Waals surface area contributed by atoms with Gasteiger partial charge in [0.1, 0.15) is 5.82 Å². The lowest BCUT2D eigenvalue weighted by molar-refractivity contribution is 0.172. The van der Waals surface area contributed by atoms with Gasteiger partial charge in [0, 0.05) is 19.3 Å². The van der Waals surface area contributed by atoms with E-state index < -0.39 is 0 Å². The van der Waals surface area contributed by atoms with Crippen LogP contribution in [0.4, 0.5) is 17.5 Å². The molecule has 1 atom stereocenters. The summed E-state index contributed by atoms with van der Waals surface area (Å²) < 4.78 is 3.87. The van der Waals surface area contributed by atoms with Crippen molar-refractivity contribution < 1.29 is 0 Å². The molecule has 3 N–H and O–H groups in total. The zero-order valence-corrected chi connectivity index (χ0v) is 16.0. The summed E-state index contributed by atoms with van der Waals surface area (Å²) in [5.41, 5.74) is 7.81. The number of aromatic nitrogens is 6. The highest BCUT2D eigenvalue weighted by atomic mass is 15.4. The molecule has 9 heteroatoms. The van der Waals surface area contributed by atoms with Crippen molar-refractivity contribution in [3.05, 3.63) is 18.6 Å². The Morgan fingerprint density at radius 2 is 2.11 bits per heavy atom. The van der Waals surface area contributed by atoms with Gasteiger partial charge in [-0.25, -0.2) is 4.68 Å². The van der Waals surface area contributed by atoms with Crippen LogP contribution in [0.5, 0.6) is 0 Å². The van der Waals surface area contributed by atoms with E-state index in [4.69, 9.17) is 10.7 Å². The monoisotopic (exact) mass is 369 g/mol. The van der Waals surface area contributed by atoms with E-state index in [-0.39, 0.29) is 0 Å². The van der Waals surface area contributed by atoms with Crippen LogP contribution >= 0.6 is 0 Å². The van der Waals surface area contributed by atoms with Crippen molar-refractivity contribution in [3.8, 4) is 0 Å². The fraction of sp³-hybridized carbons (Fsp3) is 0.556. The molecule has 1 saturated heterocycles. The maximum Gasteiger partial charge on any atom is 0.231 e. The minimum Gasteiger partial charge on any atom is -0.383 e. The van der Waals surface area contributed by atoms with E-state index in [2.05, 4.69) is 32.3 Å². The van der Waals surface area contributed by atoms with Crippen molar-refractivity contribution in [2.24, 2.45) is 0 Å². The molecule has 0 spiro atoms. The minimum absolute atomic E-state index is 0.313. The van der Waals surface area contributed by atoms with Crippen LogP contribution in [-0.4, -0.2) is 54.1 Å². The third-order valence-corrected chi connectivity index (χ3v) is 5.06. The minimum atomic E-state index is 0.313. The lowest BCUT2D eigenvalue weighted by atomic mass is 10.1. The molecule has 144 valence electrons. The number of fused-ring (bicyclic) bond motifs is 1. The molecule has 9 nitrogen and oxygen atoms in total. The zero-order valence-electron chi connectivity index (χ0n) is 16.0. The van der Waals surface area contributed by atoms with Crippen molar-refractivity contribution in [2.75, 3.05) is 30.7 Å². The first-order valence-electron chi connectivity index (χ1n) is 9.70. The third kappa shape index (κ3) is 3.59. The Bertz CT molecular complexity index is 911. The molecule has 1 fully saturated rings. The fourth-order valence-corrected chi connectivity index (χ4v) is 3.75. The van der Waals surface area contributed by atoms with Gasteiger partial charge in [0.05, 0.1) is 29.5 Å². The number of likely N-dealkylation sites (tertiary alicyclic amines) is 1. The number of aryl methyl sites for hydroxylation is 1. The first-order valence-corrected chi connectivity index (χ1v) is 9.70. The molecule has 0 saturated carbocycles. The average molecular weight is 369 g/mol. The Morgan fingerprint density at radius 3 is 2.89 bits per heavy atom. The van der Waals surface area contributed by atoms with Gasteiger partial charge in [-0.1, -0.05) is 6.92 Å². The van der Waals surface area contributed by atoms with Crippen LogP contribution in [0.2, 0.25) is 0 Å². The Kier molecular flexibility index (Phi) is 4.93.